The Morgan fingerprint density at radius 1 is 1.35 bits per heavy atom. The van der Waals surface area contributed by atoms with Crippen molar-refractivity contribution in [1.29, 1.82) is 0 Å². The van der Waals surface area contributed by atoms with Crippen molar-refractivity contribution >= 4 is 34.4 Å². The molecule has 0 aliphatic heterocycles. The van der Waals surface area contributed by atoms with Gasteiger partial charge in [-0.3, -0.25) is 9.78 Å². The van der Waals surface area contributed by atoms with Gasteiger partial charge >= 0.3 is 6.09 Å². The predicted molar refractivity (Wildman–Crippen MR) is 74.1 cm³/mol. The number of hydrogen-bond acceptors (Lipinski definition) is 4. The molecule has 2 N–H and O–H groups in total. The molecule has 1 amide bonds. The van der Waals surface area contributed by atoms with E-state index in [1.807, 2.05) is 0 Å². The Hall–Kier alpha value is -2.21. The molecule has 0 fully saturated rings. The van der Waals surface area contributed by atoms with E-state index in [1.54, 1.807) is 18.3 Å². The second-order valence-corrected chi connectivity index (χ2v) is 4.51. The number of carboxylic acid groups (broad SMARTS) is 1. The van der Waals surface area contributed by atoms with Crippen molar-refractivity contribution in [3.63, 3.8) is 0 Å². The van der Waals surface area contributed by atoms with Crippen LogP contribution in [0.2, 0.25) is 5.15 Å². The third kappa shape index (κ3) is 3.42. The van der Waals surface area contributed by atoms with Crippen LogP contribution in [0, 0.1) is 0 Å². The standard InChI is InChI=1S/C13H12ClN3O3/c14-12-11-8(3-5-15-12)6-9(7-17-11)10(18)2-1-4-16-13(19)20/h3,5-7,16H,1-2,4H2,(H,19,20). The van der Waals surface area contributed by atoms with Gasteiger partial charge in [0, 0.05) is 36.3 Å². The average molecular weight is 294 g/mol. The molecule has 0 bridgehead atoms. The fourth-order valence-electron chi connectivity index (χ4n) is 1.77. The zero-order chi connectivity index (χ0) is 14.5. The van der Waals surface area contributed by atoms with Crippen molar-refractivity contribution in [2.24, 2.45) is 0 Å². The molecule has 0 radical (unpaired) electrons. The molecule has 0 saturated heterocycles. The highest BCUT2D eigenvalue weighted by molar-refractivity contribution is 6.33. The van der Waals surface area contributed by atoms with Crippen LogP contribution in [0.1, 0.15) is 23.2 Å². The molecule has 6 nitrogen and oxygen atoms in total. The first kappa shape index (κ1) is 14.2. The van der Waals surface area contributed by atoms with Gasteiger partial charge in [-0.2, -0.15) is 0 Å². The van der Waals surface area contributed by atoms with Crippen LogP contribution >= 0.6 is 11.6 Å². The van der Waals surface area contributed by atoms with Crippen LogP contribution in [-0.2, 0) is 0 Å². The highest BCUT2D eigenvalue weighted by Crippen LogP contribution is 2.20. The fourth-order valence-corrected chi connectivity index (χ4v) is 1.98. The minimum atomic E-state index is -1.09. The Balaban J connectivity index is 2.05. The average Bonchev–Trinajstić information content (AvgIpc) is 2.43. The number of pyridine rings is 2. The molecule has 2 aromatic rings. The molecule has 104 valence electrons. The number of amides is 1. The normalized spacial score (nSPS) is 10.4. The summed E-state index contributed by atoms with van der Waals surface area (Å²) < 4.78 is 0. The minimum absolute atomic E-state index is 0.0838. The molecule has 2 heterocycles. The molecule has 0 saturated carbocycles. The molecule has 0 spiro atoms. The lowest BCUT2D eigenvalue weighted by molar-refractivity contribution is 0.0979. The Bertz CT molecular complexity index is 660. The number of Topliss-reactive ketones (excluding diaryl/α,β-unsaturated/α-hetero) is 1. The van der Waals surface area contributed by atoms with Crippen LogP contribution in [0.3, 0.4) is 0 Å². The van der Waals surface area contributed by atoms with Gasteiger partial charge in [-0.15, -0.1) is 0 Å². The predicted octanol–water partition coefficient (Wildman–Crippen LogP) is 2.51. The number of nitrogens with one attached hydrogen (secondary N) is 1. The number of fused-ring (bicyclic) bond motifs is 1. The molecular weight excluding hydrogens is 282 g/mol. The van der Waals surface area contributed by atoms with Crippen LogP contribution < -0.4 is 5.32 Å². The molecule has 2 aromatic heterocycles. The van der Waals surface area contributed by atoms with E-state index in [0.717, 1.165) is 5.39 Å². The van der Waals surface area contributed by atoms with Gasteiger partial charge in [0.2, 0.25) is 0 Å². The largest absolute Gasteiger partial charge is 0.465 e. The Morgan fingerprint density at radius 3 is 2.90 bits per heavy atom. The number of halogens is 1. The second-order valence-electron chi connectivity index (χ2n) is 4.16. The lowest BCUT2D eigenvalue weighted by Crippen LogP contribution is -2.22. The van der Waals surface area contributed by atoms with Gasteiger partial charge in [0.1, 0.15) is 5.52 Å². The molecule has 0 atom stereocenters. The fraction of sp³-hybridized carbons (Fsp3) is 0.231. The van der Waals surface area contributed by atoms with Crippen LogP contribution in [0.25, 0.3) is 10.9 Å². The smallest absolute Gasteiger partial charge is 0.404 e. The Kier molecular flexibility index (Phi) is 4.47. The molecule has 0 aliphatic rings. The van der Waals surface area contributed by atoms with E-state index in [-0.39, 0.29) is 18.7 Å². The van der Waals surface area contributed by atoms with E-state index < -0.39 is 6.09 Å². The zero-order valence-electron chi connectivity index (χ0n) is 10.5. The van der Waals surface area contributed by atoms with Crippen molar-refractivity contribution in [2.75, 3.05) is 6.54 Å². The molecule has 7 heteroatoms. The lowest BCUT2D eigenvalue weighted by atomic mass is 10.1. The van der Waals surface area contributed by atoms with E-state index in [0.29, 0.717) is 22.7 Å². The minimum Gasteiger partial charge on any atom is -0.465 e. The second kappa shape index (κ2) is 6.29. The van der Waals surface area contributed by atoms with E-state index in [1.165, 1.54) is 6.20 Å². The summed E-state index contributed by atoms with van der Waals surface area (Å²) >= 11 is 5.90. The van der Waals surface area contributed by atoms with Gasteiger partial charge in [-0.05, 0) is 18.6 Å². The van der Waals surface area contributed by atoms with E-state index in [4.69, 9.17) is 16.7 Å². The van der Waals surface area contributed by atoms with Gasteiger partial charge in [0.05, 0.1) is 0 Å². The van der Waals surface area contributed by atoms with Gasteiger partial charge < -0.3 is 10.4 Å². The first-order chi connectivity index (χ1) is 9.58. The summed E-state index contributed by atoms with van der Waals surface area (Å²) in [7, 11) is 0. The summed E-state index contributed by atoms with van der Waals surface area (Å²) in [5.74, 6) is -0.0838. The third-order valence-electron chi connectivity index (χ3n) is 2.73. The summed E-state index contributed by atoms with van der Waals surface area (Å²) in [5, 5.41) is 11.7. The van der Waals surface area contributed by atoms with Crippen LogP contribution in [0.5, 0.6) is 0 Å². The maximum absolute atomic E-state index is 12.0. The summed E-state index contributed by atoms with van der Waals surface area (Å²) in [6.07, 6.45) is 2.62. The Morgan fingerprint density at radius 2 is 2.15 bits per heavy atom. The van der Waals surface area contributed by atoms with Crippen molar-refractivity contribution in [3.05, 3.63) is 35.2 Å². The topological polar surface area (TPSA) is 92.2 Å². The van der Waals surface area contributed by atoms with Gasteiger partial charge in [0.25, 0.3) is 0 Å². The quantitative estimate of drug-likeness (QED) is 0.502. The SMILES string of the molecule is O=C(O)NCCCC(=O)c1cnc2c(Cl)nccc2c1. The van der Waals surface area contributed by atoms with Crippen LogP contribution in [-0.4, -0.2) is 33.5 Å². The summed E-state index contributed by atoms with van der Waals surface area (Å²) in [6, 6.07) is 3.44. The van der Waals surface area contributed by atoms with Gasteiger partial charge in [-0.25, -0.2) is 9.78 Å². The lowest BCUT2D eigenvalue weighted by Gasteiger charge is -2.04. The third-order valence-corrected chi connectivity index (χ3v) is 3.01. The van der Waals surface area contributed by atoms with Crippen molar-refractivity contribution < 1.29 is 14.7 Å². The number of nitrogens with zero attached hydrogens (tertiary/aromatic N) is 2. The first-order valence-electron chi connectivity index (χ1n) is 5.98. The molecular formula is C13H12ClN3O3. The van der Waals surface area contributed by atoms with Crippen molar-refractivity contribution in [3.8, 4) is 0 Å². The van der Waals surface area contributed by atoms with Crippen LogP contribution in [0.4, 0.5) is 4.79 Å². The number of ketones is 1. The molecule has 0 aromatic carbocycles. The summed E-state index contributed by atoms with van der Waals surface area (Å²) in [5.41, 5.74) is 1.04. The van der Waals surface area contributed by atoms with Gasteiger partial charge in [0.15, 0.2) is 10.9 Å². The summed E-state index contributed by atoms with van der Waals surface area (Å²) in [4.78, 5) is 30.3. The molecule has 20 heavy (non-hydrogen) atoms. The van der Waals surface area contributed by atoms with E-state index >= 15 is 0 Å². The van der Waals surface area contributed by atoms with Gasteiger partial charge in [-0.1, -0.05) is 11.6 Å². The number of carbonyl (C=O) groups excluding carboxylic acids is 1. The first-order valence-corrected chi connectivity index (χ1v) is 6.36. The molecule has 2 rings (SSSR count). The van der Waals surface area contributed by atoms with E-state index in [9.17, 15) is 9.59 Å². The monoisotopic (exact) mass is 293 g/mol. The highest BCUT2D eigenvalue weighted by Gasteiger charge is 2.09. The molecule has 0 aliphatic carbocycles. The number of hydrogen-bond donors (Lipinski definition) is 2. The maximum atomic E-state index is 12.0. The highest BCUT2D eigenvalue weighted by atomic mass is 35.5. The Labute approximate surface area is 119 Å². The number of carbonyl (C=O) groups is 2. The van der Waals surface area contributed by atoms with E-state index in [2.05, 4.69) is 15.3 Å². The van der Waals surface area contributed by atoms with Crippen LogP contribution in [0.15, 0.2) is 24.5 Å². The number of rotatable bonds is 5. The van der Waals surface area contributed by atoms with Crippen molar-refractivity contribution in [2.45, 2.75) is 12.8 Å². The van der Waals surface area contributed by atoms with Crippen molar-refractivity contribution in [1.82, 2.24) is 15.3 Å². The number of aromatic nitrogens is 2. The zero-order valence-corrected chi connectivity index (χ0v) is 11.2. The maximum Gasteiger partial charge on any atom is 0.404 e. The summed E-state index contributed by atoms with van der Waals surface area (Å²) in [6.45, 7) is 0.248. The molecule has 0 unspecified atom stereocenters.